The van der Waals surface area contributed by atoms with Gasteiger partial charge < -0.3 is 15.5 Å². The third kappa shape index (κ3) is 2.60. The summed E-state index contributed by atoms with van der Waals surface area (Å²) < 4.78 is 28.5. The van der Waals surface area contributed by atoms with Crippen LogP contribution in [0.25, 0.3) is 5.65 Å². The number of hydrogen-bond donors (Lipinski definition) is 3. The number of aromatic carboxylic acids is 1. The van der Waals surface area contributed by atoms with Gasteiger partial charge in [-0.1, -0.05) is 0 Å². The number of carboxylic acid groups (broad SMARTS) is 1. The van der Waals surface area contributed by atoms with Gasteiger partial charge in [0.1, 0.15) is 17.1 Å². The van der Waals surface area contributed by atoms with E-state index in [0.29, 0.717) is 0 Å². The minimum atomic E-state index is -1.18. The van der Waals surface area contributed by atoms with Gasteiger partial charge in [-0.3, -0.25) is 0 Å². The molecule has 124 valence electrons. The van der Waals surface area contributed by atoms with Gasteiger partial charge in [-0.25, -0.2) is 23.1 Å². The number of phenolic OH excluding ortho intramolecular Hbond substituents is 1. The monoisotopic (exact) mass is 334 g/mol. The quantitative estimate of drug-likeness (QED) is 0.678. The van der Waals surface area contributed by atoms with E-state index in [4.69, 9.17) is 5.11 Å². The molecule has 1 atom stereocenters. The Morgan fingerprint density at radius 3 is 2.79 bits per heavy atom. The lowest BCUT2D eigenvalue weighted by Gasteiger charge is -2.17. The van der Waals surface area contributed by atoms with Crippen LogP contribution in [0.5, 0.6) is 5.75 Å². The number of aromatic nitrogens is 3. The fourth-order valence-corrected chi connectivity index (χ4v) is 2.36. The van der Waals surface area contributed by atoms with E-state index in [0.717, 1.165) is 18.3 Å². The Labute approximate surface area is 134 Å². The molecule has 0 bridgehead atoms. The molecule has 0 radical (unpaired) electrons. The number of anilines is 1. The smallest absolute Gasteiger partial charge is 0.341 e. The molecule has 1 aromatic carbocycles. The predicted octanol–water partition coefficient (Wildman–Crippen LogP) is 2.58. The van der Waals surface area contributed by atoms with Gasteiger partial charge in [0.2, 0.25) is 0 Å². The molecule has 2 heterocycles. The summed E-state index contributed by atoms with van der Waals surface area (Å²) in [6, 6.07) is 2.57. The van der Waals surface area contributed by atoms with Gasteiger partial charge in [-0.15, -0.1) is 0 Å². The number of carbonyl (C=O) groups is 1. The van der Waals surface area contributed by atoms with Gasteiger partial charge in [0.05, 0.1) is 17.8 Å². The van der Waals surface area contributed by atoms with Gasteiger partial charge >= 0.3 is 5.97 Å². The maximum absolute atomic E-state index is 13.9. The van der Waals surface area contributed by atoms with Crippen molar-refractivity contribution in [3.05, 3.63) is 53.4 Å². The fourth-order valence-electron chi connectivity index (χ4n) is 2.36. The molecule has 9 heteroatoms. The summed E-state index contributed by atoms with van der Waals surface area (Å²) in [5.74, 6) is -3.60. The molecule has 0 fully saturated rings. The first-order valence-corrected chi connectivity index (χ1v) is 6.89. The van der Waals surface area contributed by atoms with E-state index >= 15 is 0 Å². The Morgan fingerprint density at radius 2 is 2.08 bits per heavy atom. The Morgan fingerprint density at radius 1 is 1.33 bits per heavy atom. The Balaban J connectivity index is 1.96. The fraction of sp³-hybridized carbons (Fsp3) is 0.133. The second-order valence-electron chi connectivity index (χ2n) is 5.10. The van der Waals surface area contributed by atoms with E-state index in [9.17, 15) is 18.7 Å². The highest BCUT2D eigenvalue weighted by molar-refractivity contribution is 5.94. The van der Waals surface area contributed by atoms with Crippen molar-refractivity contribution in [3.63, 3.8) is 0 Å². The number of nitrogens with zero attached hydrogens (tertiary/aromatic N) is 3. The van der Waals surface area contributed by atoms with Gasteiger partial charge in [0, 0.05) is 6.20 Å². The average molecular weight is 334 g/mol. The minimum Gasteiger partial charge on any atom is -0.507 e. The summed E-state index contributed by atoms with van der Waals surface area (Å²) in [6.07, 6.45) is 2.64. The summed E-state index contributed by atoms with van der Waals surface area (Å²) in [5.41, 5.74) is -0.238. The summed E-state index contributed by atoms with van der Waals surface area (Å²) in [4.78, 5) is 15.2. The topological polar surface area (TPSA) is 99.8 Å². The van der Waals surface area contributed by atoms with Gasteiger partial charge in [0.15, 0.2) is 17.3 Å². The summed E-state index contributed by atoms with van der Waals surface area (Å²) in [5, 5.41) is 25.5. The van der Waals surface area contributed by atoms with E-state index in [1.54, 1.807) is 0 Å². The summed E-state index contributed by atoms with van der Waals surface area (Å²) in [7, 11) is 0. The highest BCUT2D eigenvalue weighted by Gasteiger charge is 2.20. The van der Waals surface area contributed by atoms with Crippen molar-refractivity contribution < 1.29 is 23.8 Å². The number of nitrogens with one attached hydrogen (secondary N) is 1. The lowest BCUT2D eigenvalue weighted by Crippen LogP contribution is -2.12. The standard InChI is InChI=1S/C15H12F2N4O3/c1-7(12-10(22)3-2-9(16)13(12)17)19-11-4-5-21-14(20-11)8(6-18-21)15(23)24/h2-7,22H,1H3,(H,19,20)(H,23,24). The number of phenols is 1. The molecular weight excluding hydrogens is 322 g/mol. The molecule has 0 amide bonds. The zero-order chi connectivity index (χ0) is 17.4. The molecular formula is C15H12F2N4O3. The van der Waals surface area contributed by atoms with Crippen molar-refractivity contribution in [1.29, 1.82) is 0 Å². The summed E-state index contributed by atoms with van der Waals surface area (Å²) in [6.45, 7) is 1.51. The highest BCUT2D eigenvalue weighted by atomic mass is 19.2. The lowest BCUT2D eigenvalue weighted by atomic mass is 10.1. The average Bonchev–Trinajstić information content (AvgIpc) is 2.94. The highest BCUT2D eigenvalue weighted by Crippen LogP contribution is 2.30. The van der Waals surface area contributed by atoms with Crippen LogP contribution in [-0.2, 0) is 0 Å². The van der Waals surface area contributed by atoms with Crippen molar-refractivity contribution in [2.45, 2.75) is 13.0 Å². The Bertz CT molecular complexity index is 942. The second kappa shape index (κ2) is 5.76. The SMILES string of the molecule is CC(Nc1ccn2ncc(C(=O)O)c2n1)c1c(O)ccc(F)c1F. The molecule has 3 aromatic rings. The van der Waals surface area contributed by atoms with Crippen LogP contribution in [0, 0.1) is 11.6 Å². The van der Waals surface area contributed by atoms with Gasteiger partial charge in [-0.2, -0.15) is 5.10 Å². The van der Waals surface area contributed by atoms with E-state index in [1.165, 1.54) is 23.7 Å². The molecule has 0 aliphatic carbocycles. The third-order valence-electron chi connectivity index (χ3n) is 3.51. The number of hydrogen-bond acceptors (Lipinski definition) is 5. The van der Waals surface area contributed by atoms with Crippen LogP contribution >= 0.6 is 0 Å². The Hall–Kier alpha value is -3.23. The molecule has 3 N–H and O–H groups in total. The van der Waals surface area contributed by atoms with Crippen molar-refractivity contribution >= 4 is 17.4 Å². The maximum Gasteiger partial charge on any atom is 0.341 e. The van der Waals surface area contributed by atoms with E-state index in [2.05, 4.69) is 15.4 Å². The van der Waals surface area contributed by atoms with Crippen LogP contribution in [0.15, 0.2) is 30.6 Å². The van der Waals surface area contributed by atoms with Crippen molar-refractivity contribution in [2.75, 3.05) is 5.32 Å². The van der Waals surface area contributed by atoms with Crippen LogP contribution in [0.4, 0.5) is 14.6 Å². The van der Waals surface area contributed by atoms with E-state index in [1.807, 2.05) is 0 Å². The number of benzene rings is 1. The molecule has 0 aliphatic rings. The number of aromatic hydroxyl groups is 1. The largest absolute Gasteiger partial charge is 0.507 e. The van der Waals surface area contributed by atoms with Gasteiger partial charge in [-0.05, 0) is 25.1 Å². The number of rotatable bonds is 4. The third-order valence-corrected chi connectivity index (χ3v) is 3.51. The van der Waals surface area contributed by atoms with E-state index in [-0.39, 0.29) is 22.6 Å². The number of fused-ring (bicyclic) bond motifs is 1. The molecule has 0 aliphatic heterocycles. The predicted molar refractivity (Wildman–Crippen MR) is 80.0 cm³/mol. The zero-order valence-corrected chi connectivity index (χ0v) is 12.4. The van der Waals surface area contributed by atoms with Crippen molar-refractivity contribution in [3.8, 4) is 5.75 Å². The lowest BCUT2D eigenvalue weighted by molar-refractivity contribution is 0.0698. The van der Waals surface area contributed by atoms with E-state index < -0.39 is 29.4 Å². The molecule has 3 rings (SSSR count). The minimum absolute atomic E-state index is 0.0916. The van der Waals surface area contributed by atoms with Crippen LogP contribution in [0.1, 0.15) is 28.9 Å². The number of carboxylic acids is 1. The molecule has 0 saturated heterocycles. The first-order chi connectivity index (χ1) is 11.4. The molecule has 2 aromatic heterocycles. The van der Waals surface area contributed by atoms with Crippen molar-refractivity contribution in [2.24, 2.45) is 0 Å². The zero-order valence-electron chi connectivity index (χ0n) is 12.4. The summed E-state index contributed by atoms with van der Waals surface area (Å²) >= 11 is 0. The normalized spacial score (nSPS) is 12.3. The maximum atomic E-state index is 13.9. The van der Waals surface area contributed by atoms with Gasteiger partial charge in [0.25, 0.3) is 0 Å². The van der Waals surface area contributed by atoms with Crippen LogP contribution < -0.4 is 5.32 Å². The molecule has 7 nitrogen and oxygen atoms in total. The number of halogens is 2. The van der Waals surface area contributed by atoms with Crippen LogP contribution in [0.2, 0.25) is 0 Å². The molecule has 24 heavy (non-hydrogen) atoms. The first-order valence-electron chi connectivity index (χ1n) is 6.89. The molecule has 1 unspecified atom stereocenters. The second-order valence-corrected chi connectivity index (χ2v) is 5.10. The van der Waals surface area contributed by atoms with Crippen molar-refractivity contribution in [1.82, 2.24) is 14.6 Å². The van der Waals surface area contributed by atoms with Crippen LogP contribution in [-0.4, -0.2) is 30.8 Å². The molecule has 0 saturated carbocycles. The Kier molecular flexibility index (Phi) is 3.76. The first kappa shape index (κ1) is 15.7. The van der Waals surface area contributed by atoms with Crippen LogP contribution in [0.3, 0.4) is 0 Å². The molecule has 0 spiro atoms.